The number of pyridine rings is 1. The SMILES string of the molecule is CCC(Sc1nc2c(cc1C#N)CC(C(C)(C)C)CC2)C(=O)Nc1cc(Cl)ccc1Cl. The molecule has 1 aromatic heterocycles. The van der Waals surface area contributed by atoms with Crippen LogP contribution >= 0.6 is 35.0 Å². The molecule has 164 valence electrons. The summed E-state index contributed by atoms with van der Waals surface area (Å²) in [6.07, 6.45) is 3.52. The van der Waals surface area contributed by atoms with Crippen molar-refractivity contribution in [2.24, 2.45) is 11.3 Å². The van der Waals surface area contributed by atoms with Crippen molar-refractivity contribution < 1.29 is 4.79 Å². The lowest BCUT2D eigenvalue weighted by Crippen LogP contribution is -2.28. The highest BCUT2D eigenvalue weighted by molar-refractivity contribution is 8.00. The van der Waals surface area contributed by atoms with Crippen LogP contribution in [0.2, 0.25) is 10.0 Å². The van der Waals surface area contributed by atoms with E-state index in [2.05, 4.69) is 32.2 Å². The second-order valence-electron chi connectivity index (χ2n) is 8.99. The van der Waals surface area contributed by atoms with Crippen molar-refractivity contribution in [2.75, 3.05) is 5.32 Å². The zero-order chi connectivity index (χ0) is 22.8. The van der Waals surface area contributed by atoms with Crippen molar-refractivity contribution >= 4 is 46.6 Å². The summed E-state index contributed by atoms with van der Waals surface area (Å²) in [5, 5.41) is 13.7. The van der Waals surface area contributed by atoms with Gasteiger partial charge < -0.3 is 5.32 Å². The van der Waals surface area contributed by atoms with E-state index in [4.69, 9.17) is 28.2 Å². The number of nitrogens with zero attached hydrogens (tertiary/aromatic N) is 2. The number of halogens is 2. The molecule has 0 aliphatic heterocycles. The van der Waals surface area contributed by atoms with Crippen molar-refractivity contribution in [3.8, 4) is 6.07 Å². The van der Waals surface area contributed by atoms with E-state index >= 15 is 0 Å². The number of nitrogens with one attached hydrogen (secondary N) is 1. The van der Waals surface area contributed by atoms with Crippen molar-refractivity contribution in [2.45, 2.75) is 63.7 Å². The van der Waals surface area contributed by atoms with Gasteiger partial charge in [-0.15, -0.1) is 0 Å². The van der Waals surface area contributed by atoms with E-state index in [-0.39, 0.29) is 11.3 Å². The monoisotopic (exact) mass is 475 g/mol. The first-order valence-corrected chi connectivity index (χ1v) is 12.1. The molecule has 0 fully saturated rings. The van der Waals surface area contributed by atoms with E-state index in [1.54, 1.807) is 18.2 Å². The summed E-state index contributed by atoms with van der Waals surface area (Å²) in [4.78, 5) is 17.7. The van der Waals surface area contributed by atoms with Gasteiger partial charge in [0, 0.05) is 10.7 Å². The molecular weight excluding hydrogens is 449 g/mol. The molecule has 2 unspecified atom stereocenters. The van der Waals surface area contributed by atoms with E-state index in [9.17, 15) is 10.1 Å². The third-order valence-electron chi connectivity index (χ3n) is 5.80. The van der Waals surface area contributed by atoms with Crippen molar-refractivity contribution in [1.82, 2.24) is 4.98 Å². The molecule has 1 amide bonds. The smallest absolute Gasteiger partial charge is 0.237 e. The Bertz CT molecular complexity index is 1030. The fourth-order valence-corrected chi connectivity index (χ4v) is 5.15. The number of aryl methyl sites for hydroxylation is 1. The molecule has 0 saturated heterocycles. The van der Waals surface area contributed by atoms with Crippen LogP contribution in [-0.2, 0) is 17.6 Å². The second kappa shape index (κ2) is 9.81. The Morgan fingerprint density at radius 3 is 2.74 bits per heavy atom. The molecule has 0 radical (unpaired) electrons. The van der Waals surface area contributed by atoms with E-state index < -0.39 is 5.25 Å². The van der Waals surface area contributed by atoms with Gasteiger partial charge >= 0.3 is 0 Å². The van der Waals surface area contributed by atoms with E-state index in [0.29, 0.717) is 38.7 Å². The average Bonchev–Trinajstić information content (AvgIpc) is 2.72. The van der Waals surface area contributed by atoms with Gasteiger partial charge in [-0.05, 0) is 66.8 Å². The van der Waals surface area contributed by atoms with Crippen LogP contribution in [0.5, 0.6) is 0 Å². The van der Waals surface area contributed by atoms with Crippen LogP contribution in [0.25, 0.3) is 0 Å². The van der Waals surface area contributed by atoms with E-state index in [1.165, 1.54) is 11.8 Å². The number of fused-ring (bicyclic) bond motifs is 1. The van der Waals surface area contributed by atoms with Gasteiger partial charge in [0.05, 0.1) is 21.5 Å². The highest BCUT2D eigenvalue weighted by Gasteiger charge is 2.30. The summed E-state index contributed by atoms with van der Waals surface area (Å²) < 4.78 is 0. The number of thioether (sulfide) groups is 1. The first-order valence-electron chi connectivity index (χ1n) is 10.5. The topological polar surface area (TPSA) is 65.8 Å². The molecule has 1 aliphatic rings. The first-order chi connectivity index (χ1) is 14.6. The Morgan fingerprint density at radius 2 is 2.10 bits per heavy atom. The van der Waals surface area contributed by atoms with Crippen LogP contribution in [0, 0.1) is 22.7 Å². The lowest BCUT2D eigenvalue weighted by molar-refractivity contribution is -0.115. The molecule has 2 aromatic rings. The van der Waals surface area contributed by atoms with Gasteiger partial charge in [0.2, 0.25) is 5.91 Å². The van der Waals surface area contributed by atoms with Gasteiger partial charge in [0.15, 0.2) is 0 Å². The zero-order valence-electron chi connectivity index (χ0n) is 18.3. The standard InChI is InChI=1S/C24H27Cl2N3OS/c1-5-21(22(30)28-20-12-17(25)7-8-18(20)26)31-23-15(13-27)10-14-11-16(24(2,3)4)6-9-19(14)29-23/h7-8,10,12,16,21H,5-6,9,11H2,1-4H3,(H,28,30). The lowest BCUT2D eigenvalue weighted by Gasteiger charge is -2.34. The summed E-state index contributed by atoms with van der Waals surface area (Å²) in [6.45, 7) is 8.74. The van der Waals surface area contributed by atoms with Gasteiger partial charge in [0.1, 0.15) is 11.1 Å². The minimum atomic E-state index is -0.404. The third kappa shape index (κ3) is 5.74. The van der Waals surface area contributed by atoms with Crippen LogP contribution in [0.4, 0.5) is 5.69 Å². The number of nitriles is 1. The van der Waals surface area contributed by atoms with Crippen LogP contribution in [0.1, 0.15) is 57.4 Å². The number of hydrogen-bond donors (Lipinski definition) is 1. The molecule has 1 aliphatic carbocycles. The van der Waals surface area contributed by atoms with E-state index in [0.717, 1.165) is 30.5 Å². The van der Waals surface area contributed by atoms with Gasteiger partial charge in [-0.2, -0.15) is 5.26 Å². The normalized spacial score (nSPS) is 16.9. The van der Waals surface area contributed by atoms with Crippen LogP contribution in [0.3, 0.4) is 0 Å². The number of aromatic nitrogens is 1. The average molecular weight is 476 g/mol. The van der Waals surface area contributed by atoms with E-state index in [1.807, 2.05) is 13.0 Å². The maximum Gasteiger partial charge on any atom is 0.237 e. The van der Waals surface area contributed by atoms with Gasteiger partial charge in [0.25, 0.3) is 0 Å². The molecule has 1 aromatic carbocycles. The Labute approximate surface area is 198 Å². The summed E-state index contributed by atoms with van der Waals surface area (Å²) in [6, 6.07) is 9.20. The van der Waals surface area contributed by atoms with Crippen LogP contribution < -0.4 is 5.32 Å². The number of anilines is 1. The maximum atomic E-state index is 12.9. The Morgan fingerprint density at radius 1 is 1.35 bits per heavy atom. The largest absolute Gasteiger partial charge is 0.324 e. The lowest BCUT2D eigenvalue weighted by atomic mass is 9.71. The Balaban J connectivity index is 1.81. The van der Waals surface area contributed by atoms with Gasteiger partial charge in [-0.1, -0.05) is 62.7 Å². The number of rotatable bonds is 5. The summed E-state index contributed by atoms with van der Waals surface area (Å²) in [7, 11) is 0. The highest BCUT2D eigenvalue weighted by Crippen LogP contribution is 2.39. The van der Waals surface area contributed by atoms with Crippen molar-refractivity contribution in [1.29, 1.82) is 5.26 Å². The number of carbonyl (C=O) groups is 1. The zero-order valence-corrected chi connectivity index (χ0v) is 20.6. The number of carbonyl (C=O) groups excluding carboxylic acids is 1. The summed E-state index contributed by atoms with van der Waals surface area (Å²) >= 11 is 13.5. The third-order valence-corrected chi connectivity index (χ3v) is 7.73. The maximum absolute atomic E-state index is 12.9. The fourth-order valence-electron chi connectivity index (χ4n) is 3.82. The van der Waals surface area contributed by atoms with Crippen molar-refractivity contribution in [3.63, 3.8) is 0 Å². The minimum absolute atomic E-state index is 0.187. The molecule has 2 atom stereocenters. The molecule has 31 heavy (non-hydrogen) atoms. The molecule has 0 saturated carbocycles. The predicted octanol–water partition coefficient (Wildman–Crippen LogP) is 6.92. The quantitative estimate of drug-likeness (QED) is 0.476. The minimum Gasteiger partial charge on any atom is -0.324 e. The first kappa shape index (κ1) is 23.9. The fraction of sp³-hybridized carbons (Fsp3) is 0.458. The van der Waals surface area contributed by atoms with Crippen molar-refractivity contribution in [3.05, 3.63) is 51.1 Å². The highest BCUT2D eigenvalue weighted by atomic mass is 35.5. The molecule has 3 rings (SSSR count). The Hall–Kier alpha value is -1.74. The molecule has 1 heterocycles. The van der Waals surface area contributed by atoms with Crippen LogP contribution in [0.15, 0.2) is 29.3 Å². The number of amides is 1. The van der Waals surface area contributed by atoms with Crippen LogP contribution in [-0.4, -0.2) is 16.1 Å². The second-order valence-corrected chi connectivity index (χ2v) is 11.0. The molecule has 7 heteroatoms. The number of benzene rings is 1. The molecular formula is C24H27Cl2N3OS. The van der Waals surface area contributed by atoms with Gasteiger partial charge in [-0.25, -0.2) is 4.98 Å². The molecule has 4 nitrogen and oxygen atoms in total. The molecule has 0 bridgehead atoms. The molecule has 0 spiro atoms. The summed E-state index contributed by atoms with van der Waals surface area (Å²) in [5.41, 5.74) is 3.45. The Kier molecular flexibility index (Phi) is 7.57. The molecule has 1 N–H and O–H groups in total. The number of hydrogen-bond acceptors (Lipinski definition) is 4. The summed E-state index contributed by atoms with van der Waals surface area (Å²) in [5.74, 6) is 0.385. The van der Waals surface area contributed by atoms with Gasteiger partial charge in [-0.3, -0.25) is 4.79 Å². The predicted molar refractivity (Wildman–Crippen MR) is 129 cm³/mol.